The maximum absolute atomic E-state index is 13.8. The third-order valence-electron chi connectivity index (χ3n) is 7.50. The number of nitrogens with one attached hydrogen (secondary N) is 1. The first-order valence-corrected chi connectivity index (χ1v) is 13.9. The van der Waals surface area contributed by atoms with Gasteiger partial charge in [-0.05, 0) is 67.4 Å². The van der Waals surface area contributed by atoms with Crippen molar-refractivity contribution in [2.75, 3.05) is 44.2 Å². The lowest BCUT2D eigenvalue weighted by Gasteiger charge is -2.43. The van der Waals surface area contributed by atoms with Gasteiger partial charge >= 0.3 is 0 Å². The van der Waals surface area contributed by atoms with E-state index in [0.29, 0.717) is 28.0 Å². The van der Waals surface area contributed by atoms with Gasteiger partial charge < -0.3 is 10.2 Å². The first kappa shape index (κ1) is 27.8. The van der Waals surface area contributed by atoms with Gasteiger partial charge in [0.15, 0.2) is 0 Å². The van der Waals surface area contributed by atoms with E-state index in [1.54, 1.807) is 24.3 Å². The molecule has 39 heavy (non-hydrogen) atoms. The Hall–Kier alpha value is -2.78. The van der Waals surface area contributed by atoms with E-state index in [-0.39, 0.29) is 29.1 Å². The Kier molecular flexibility index (Phi) is 8.97. The SMILES string of the molecule is O=C(NCc1cccc(F)c1)c1cnc(N2CCN(C3CCN(Cc4ccc(Cl)c(F)c4)CC3)CC2)c(Cl)c1. The van der Waals surface area contributed by atoms with Gasteiger partial charge in [-0.2, -0.15) is 0 Å². The number of piperidine rings is 1. The molecule has 0 saturated carbocycles. The van der Waals surface area contributed by atoms with Gasteiger partial charge in [0.05, 0.1) is 15.6 Å². The van der Waals surface area contributed by atoms with Crippen LogP contribution in [0.5, 0.6) is 0 Å². The lowest BCUT2D eigenvalue weighted by atomic mass is 10.0. The van der Waals surface area contributed by atoms with Crippen molar-refractivity contribution in [3.8, 4) is 0 Å². The first-order valence-electron chi connectivity index (χ1n) is 13.2. The summed E-state index contributed by atoms with van der Waals surface area (Å²) in [6, 6.07) is 13.3. The van der Waals surface area contributed by atoms with Gasteiger partial charge in [0.2, 0.25) is 0 Å². The number of piperazine rings is 1. The van der Waals surface area contributed by atoms with Crippen LogP contribution in [0.3, 0.4) is 0 Å². The number of hydrogen-bond donors (Lipinski definition) is 1. The molecule has 0 spiro atoms. The van der Waals surface area contributed by atoms with E-state index in [9.17, 15) is 13.6 Å². The molecule has 1 amide bonds. The number of halogens is 4. The summed E-state index contributed by atoms with van der Waals surface area (Å²) < 4.78 is 27.1. The quantitative estimate of drug-likeness (QED) is 0.411. The molecule has 5 rings (SSSR count). The van der Waals surface area contributed by atoms with Crippen molar-refractivity contribution in [1.82, 2.24) is 20.1 Å². The fourth-order valence-electron chi connectivity index (χ4n) is 5.36. The highest BCUT2D eigenvalue weighted by Gasteiger charge is 2.28. The predicted molar refractivity (Wildman–Crippen MR) is 150 cm³/mol. The van der Waals surface area contributed by atoms with E-state index < -0.39 is 0 Å². The van der Waals surface area contributed by atoms with Gasteiger partial charge in [0.1, 0.15) is 17.5 Å². The fraction of sp³-hybridized carbons (Fsp3) is 0.379. The van der Waals surface area contributed by atoms with Crippen LogP contribution in [-0.4, -0.2) is 66.0 Å². The Bertz CT molecular complexity index is 1310. The number of nitrogens with zero attached hydrogens (tertiary/aromatic N) is 4. The van der Waals surface area contributed by atoms with Crippen LogP contribution in [0.15, 0.2) is 54.7 Å². The van der Waals surface area contributed by atoms with Crippen LogP contribution in [0.4, 0.5) is 14.6 Å². The molecule has 3 aromatic rings. The van der Waals surface area contributed by atoms with E-state index >= 15 is 0 Å². The van der Waals surface area contributed by atoms with Crippen LogP contribution >= 0.6 is 23.2 Å². The molecule has 206 valence electrons. The Balaban J connectivity index is 1.08. The van der Waals surface area contributed by atoms with Crippen LogP contribution in [0.25, 0.3) is 0 Å². The smallest absolute Gasteiger partial charge is 0.253 e. The van der Waals surface area contributed by atoms with Gasteiger partial charge in [0.25, 0.3) is 5.91 Å². The van der Waals surface area contributed by atoms with E-state index in [1.165, 1.54) is 24.4 Å². The second kappa shape index (κ2) is 12.6. The summed E-state index contributed by atoms with van der Waals surface area (Å²) in [7, 11) is 0. The van der Waals surface area contributed by atoms with Gasteiger partial charge in [-0.3, -0.25) is 14.6 Å². The van der Waals surface area contributed by atoms with Crippen molar-refractivity contribution in [3.05, 3.63) is 93.1 Å². The Morgan fingerprint density at radius 1 is 0.923 bits per heavy atom. The summed E-state index contributed by atoms with van der Waals surface area (Å²) >= 11 is 12.4. The topological polar surface area (TPSA) is 51.7 Å². The van der Waals surface area contributed by atoms with Crippen molar-refractivity contribution in [1.29, 1.82) is 0 Å². The fourth-order valence-corrected chi connectivity index (χ4v) is 5.76. The minimum atomic E-state index is -0.365. The average molecular weight is 575 g/mol. The highest BCUT2D eigenvalue weighted by Crippen LogP contribution is 2.27. The lowest BCUT2D eigenvalue weighted by molar-refractivity contribution is 0.0950. The third-order valence-corrected chi connectivity index (χ3v) is 8.09. The zero-order chi connectivity index (χ0) is 27.4. The highest BCUT2D eigenvalue weighted by molar-refractivity contribution is 6.33. The minimum absolute atomic E-state index is 0.159. The first-order chi connectivity index (χ1) is 18.9. The number of pyridine rings is 1. The summed E-state index contributed by atoms with van der Waals surface area (Å²) in [5, 5.41) is 3.38. The lowest BCUT2D eigenvalue weighted by Crippen LogP contribution is -2.53. The number of amides is 1. The van der Waals surface area contributed by atoms with Gasteiger partial charge in [-0.15, -0.1) is 0 Å². The Morgan fingerprint density at radius 3 is 2.38 bits per heavy atom. The molecule has 3 heterocycles. The molecule has 0 bridgehead atoms. The molecule has 0 unspecified atom stereocenters. The maximum atomic E-state index is 13.8. The monoisotopic (exact) mass is 573 g/mol. The molecule has 6 nitrogen and oxygen atoms in total. The molecule has 2 aliphatic rings. The van der Waals surface area contributed by atoms with Crippen molar-refractivity contribution < 1.29 is 13.6 Å². The zero-order valence-electron chi connectivity index (χ0n) is 21.6. The zero-order valence-corrected chi connectivity index (χ0v) is 23.1. The number of likely N-dealkylation sites (tertiary alicyclic amines) is 1. The number of aromatic nitrogens is 1. The van der Waals surface area contributed by atoms with Crippen molar-refractivity contribution in [2.45, 2.75) is 32.0 Å². The summed E-state index contributed by atoms with van der Waals surface area (Å²) in [4.78, 5) is 24.1. The van der Waals surface area contributed by atoms with Gasteiger partial charge in [-0.25, -0.2) is 13.8 Å². The standard InChI is InChI=1S/C29H31Cl2F2N5O/c30-25-5-4-21(15-27(25)33)19-36-8-6-24(7-9-36)37-10-12-38(13-11-37)28-26(31)16-22(18-34-28)29(39)35-17-20-2-1-3-23(32)14-20/h1-5,14-16,18,24H,6-13,17,19H2,(H,35,39). The number of benzene rings is 2. The Labute approximate surface area is 237 Å². The molecule has 2 aliphatic heterocycles. The summed E-state index contributed by atoms with van der Waals surface area (Å²) in [6.07, 6.45) is 3.69. The molecule has 0 atom stereocenters. The van der Waals surface area contributed by atoms with Crippen molar-refractivity contribution in [2.24, 2.45) is 0 Å². The second-order valence-corrected chi connectivity index (χ2v) is 10.9. The Morgan fingerprint density at radius 2 is 1.69 bits per heavy atom. The number of carbonyl (C=O) groups excluding carboxylic acids is 1. The number of carbonyl (C=O) groups is 1. The van der Waals surface area contributed by atoms with Gasteiger partial charge in [0, 0.05) is 51.5 Å². The predicted octanol–water partition coefficient (Wildman–Crippen LogP) is 5.38. The molecule has 1 N–H and O–H groups in total. The molecule has 1 aromatic heterocycles. The molecular formula is C29H31Cl2F2N5O. The van der Waals surface area contributed by atoms with Crippen LogP contribution in [0.2, 0.25) is 10.0 Å². The van der Waals surface area contributed by atoms with Crippen LogP contribution in [0, 0.1) is 11.6 Å². The highest BCUT2D eigenvalue weighted by atomic mass is 35.5. The third kappa shape index (κ3) is 7.06. The molecule has 0 aliphatic carbocycles. The maximum Gasteiger partial charge on any atom is 0.253 e. The molecule has 0 radical (unpaired) electrons. The average Bonchev–Trinajstić information content (AvgIpc) is 2.94. The van der Waals surface area contributed by atoms with Crippen LogP contribution < -0.4 is 10.2 Å². The normalized spacial score (nSPS) is 17.4. The minimum Gasteiger partial charge on any atom is -0.353 e. The van der Waals surface area contributed by atoms with Crippen LogP contribution in [0.1, 0.15) is 34.3 Å². The van der Waals surface area contributed by atoms with E-state index in [0.717, 1.165) is 64.2 Å². The largest absolute Gasteiger partial charge is 0.353 e. The number of rotatable bonds is 7. The molecule has 2 aromatic carbocycles. The van der Waals surface area contributed by atoms with E-state index in [1.807, 2.05) is 6.07 Å². The molecule has 10 heteroatoms. The number of anilines is 1. The number of hydrogen-bond acceptors (Lipinski definition) is 5. The van der Waals surface area contributed by atoms with Crippen molar-refractivity contribution >= 4 is 34.9 Å². The van der Waals surface area contributed by atoms with E-state index in [2.05, 4.69) is 25.0 Å². The molecule has 2 fully saturated rings. The van der Waals surface area contributed by atoms with Crippen molar-refractivity contribution in [3.63, 3.8) is 0 Å². The summed E-state index contributed by atoms with van der Waals surface area (Å²) in [5.74, 6) is -0.329. The molecule has 2 saturated heterocycles. The van der Waals surface area contributed by atoms with Gasteiger partial charge in [-0.1, -0.05) is 41.4 Å². The molecular weight excluding hydrogens is 543 g/mol. The second-order valence-electron chi connectivity index (χ2n) is 10.1. The summed E-state index contributed by atoms with van der Waals surface area (Å²) in [5.41, 5.74) is 2.00. The summed E-state index contributed by atoms with van der Waals surface area (Å²) in [6.45, 7) is 6.36. The van der Waals surface area contributed by atoms with E-state index in [4.69, 9.17) is 23.2 Å². The van der Waals surface area contributed by atoms with Crippen LogP contribution in [-0.2, 0) is 13.1 Å².